The minimum absolute atomic E-state index is 0.0721. The molecule has 2 amide bonds. The van der Waals surface area contributed by atoms with Gasteiger partial charge in [-0.3, -0.25) is 9.59 Å². The van der Waals surface area contributed by atoms with Crippen LogP contribution in [0.15, 0.2) is 65.6 Å². The second-order valence-electron chi connectivity index (χ2n) is 7.57. The van der Waals surface area contributed by atoms with Crippen molar-refractivity contribution >= 4 is 35.0 Å². The highest BCUT2D eigenvalue weighted by molar-refractivity contribution is 8.00. The van der Waals surface area contributed by atoms with Crippen LogP contribution in [-0.4, -0.2) is 31.3 Å². The molecule has 33 heavy (non-hydrogen) atoms. The van der Waals surface area contributed by atoms with E-state index in [1.54, 1.807) is 25.3 Å². The van der Waals surface area contributed by atoms with Crippen LogP contribution in [-0.2, 0) is 4.79 Å². The van der Waals surface area contributed by atoms with Crippen molar-refractivity contribution in [3.8, 4) is 11.5 Å². The molecule has 0 bridgehead atoms. The molecule has 0 radical (unpaired) electrons. The standard InChI is InChI=1S/C26H28N2O4S/c1-16-8-6-9-17(2)24(16)28-25(29)18(3)33-21-11-7-10-20(15-21)27-26(30)19-12-13-22(31-4)23(14-19)32-5/h6-15,18H,1-5H3,(H,27,30)(H,28,29). The van der Waals surface area contributed by atoms with Gasteiger partial charge in [0.25, 0.3) is 5.91 Å². The van der Waals surface area contributed by atoms with Gasteiger partial charge in [0, 0.05) is 21.8 Å². The zero-order valence-electron chi connectivity index (χ0n) is 19.4. The minimum atomic E-state index is -0.319. The maximum Gasteiger partial charge on any atom is 0.255 e. The lowest BCUT2D eigenvalue weighted by atomic mass is 10.1. The van der Waals surface area contributed by atoms with Crippen molar-refractivity contribution in [3.63, 3.8) is 0 Å². The number of carbonyl (C=O) groups excluding carboxylic acids is 2. The lowest BCUT2D eigenvalue weighted by molar-refractivity contribution is -0.115. The number of methoxy groups -OCH3 is 2. The molecule has 1 unspecified atom stereocenters. The number of para-hydroxylation sites is 1. The van der Waals surface area contributed by atoms with Gasteiger partial charge in [0.2, 0.25) is 5.91 Å². The molecule has 7 heteroatoms. The van der Waals surface area contributed by atoms with Crippen molar-refractivity contribution in [2.45, 2.75) is 30.9 Å². The Morgan fingerprint density at radius 1 is 0.848 bits per heavy atom. The molecule has 0 fully saturated rings. The number of thioether (sulfide) groups is 1. The van der Waals surface area contributed by atoms with Gasteiger partial charge in [0.05, 0.1) is 19.5 Å². The number of rotatable bonds is 8. The van der Waals surface area contributed by atoms with Crippen LogP contribution in [0, 0.1) is 13.8 Å². The Labute approximate surface area is 198 Å². The van der Waals surface area contributed by atoms with Gasteiger partial charge < -0.3 is 20.1 Å². The fraction of sp³-hybridized carbons (Fsp3) is 0.231. The third kappa shape index (κ3) is 6.08. The first-order valence-electron chi connectivity index (χ1n) is 10.5. The molecule has 1 atom stereocenters. The lowest BCUT2D eigenvalue weighted by Crippen LogP contribution is -2.23. The number of amides is 2. The minimum Gasteiger partial charge on any atom is -0.493 e. The van der Waals surface area contributed by atoms with Crippen LogP contribution in [0.25, 0.3) is 0 Å². The number of aryl methyl sites for hydroxylation is 2. The Kier molecular flexibility index (Phi) is 8.01. The Morgan fingerprint density at radius 3 is 2.18 bits per heavy atom. The lowest BCUT2D eigenvalue weighted by Gasteiger charge is -2.16. The molecule has 6 nitrogen and oxygen atoms in total. The topological polar surface area (TPSA) is 76.7 Å². The smallest absolute Gasteiger partial charge is 0.255 e. The molecule has 0 spiro atoms. The summed E-state index contributed by atoms with van der Waals surface area (Å²) in [5.41, 5.74) is 4.00. The van der Waals surface area contributed by atoms with Crippen LogP contribution in [0.5, 0.6) is 11.5 Å². The maximum atomic E-state index is 12.8. The van der Waals surface area contributed by atoms with E-state index in [1.807, 2.05) is 63.2 Å². The Morgan fingerprint density at radius 2 is 1.52 bits per heavy atom. The van der Waals surface area contributed by atoms with E-state index in [2.05, 4.69) is 10.6 Å². The van der Waals surface area contributed by atoms with Crippen LogP contribution in [0.2, 0.25) is 0 Å². The summed E-state index contributed by atoms with van der Waals surface area (Å²) in [6.45, 7) is 5.82. The second-order valence-corrected chi connectivity index (χ2v) is 8.98. The molecule has 0 heterocycles. The molecule has 172 valence electrons. The Hall–Kier alpha value is -3.45. The third-order valence-corrected chi connectivity index (χ3v) is 6.24. The number of benzene rings is 3. The second kappa shape index (κ2) is 10.9. The highest BCUT2D eigenvalue weighted by Gasteiger charge is 2.17. The average Bonchev–Trinajstić information content (AvgIpc) is 2.81. The fourth-order valence-electron chi connectivity index (χ4n) is 3.32. The normalized spacial score (nSPS) is 11.4. The highest BCUT2D eigenvalue weighted by atomic mass is 32.2. The van der Waals surface area contributed by atoms with E-state index in [1.165, 1.54) is 18.9 Å². The fourth-order valence-corrected chi connectivity index (χ4v) is 4.25. The zero-order valence-corrected chi connectivity index (χ0v) is 20.2. The summed E-state index contributed by atoms with van der Waals surface area (Å²) in [6, 6.07) is 18.4. The average molecular weight is 465 g/mol. The van der Waals surface area contributed by atoms with Gasteiger partial charge in [0.1, 0.15) is 0 Å². The van der Waals surface area contributed by atoms with E-state index in [4.69, 9.17) is 9.47 Å². The monoisotopic (exact) mass is 464 g/mol. The van der Waals surface area contributed by atoms with Gasteiger partial charge in [-0.05, 0) is 68.3 Å². The number of nitrogens with one attached hydrogen (secondary N) is 2. The van der Waals surface area contributed by atoms with E-state index in [0.717, 1.165) is 21.7 Å². The van der Waals surface area contributed by atoms with Crippen molar-refractivity contribution in [2.75, 3.05) is 24.9 Å². The van der Waals surface area contributed by atoms with E-state index in [9.17, 15) is 9.59 Å². The third-order valence-electron chi connectivity index (χ3n) is 5.15. The predicted molar refractivity (Wildman–Crippen MR) is 134 cm³/mol. The van der Waals surface area contributed by atoms with E-state index < -0.39 is 0 Å². The maximum absolute atomic E-state index is 12.8. The van der Waals surface area contributed by atoms with Gasteiger partial charge in [-0.25, -0.2) is 0 Å². The first-order valence-corrected chi connectivity index (χ1v) is 11.4. The van der Waals surface area contributed by atoms with Crippen LogP contribution < -0.4 is 20.1 Å². The molecule has 0 aliphatic heterocycles. The first-order chi connectivity index (χ1) is 15.8. The number of hydrogen-bond acceptors (Lipinski definition) is 5. The van der Waals surface area contributed by atoms with Crippen LogP contribution >= 0.6 is 11.8 Å². The van der Waals surface area contributed by atoms with E-state index in [0.29, 0.717) is 22.7 Å². The number of ether oxygens (including phenoxy) is 2. The van der Waals surface area contributed by atoms with Gasteiger partial charge in [-0.2, -0.15) is 0 Å². The van der Waals surface area contributed by atoms with Crippen molar-refractivity contribution in [2.24, 2.45) is 0 Å². The summed E-state index contributed by atoms with van der Waals surface area (Å²) < 4.78 is 10.5. The van der Waals surface area contributed by atoms with Crippen molar-refractivity contribution in [1.29, 1.82) is 0 Å². The summed E-state index contributed by atoms with van der Waals surface area (Å²) in [5, 5.41) is 5.61. The molecule has 3 aromatic carbocycles. The highest BCUT2D eigenvalue weighted by Crippen LogP contribution is 2.30. The summed E-state index contributed by atoms with van der Waals surface area (Å²) in [4.78, 5) is 26.3. The predicted octanol–water partition coefficient (Wildman–Crippen LogP) is 5.69. The number of anilines is 2. The van der Waals surface area contributed by atoms with Gasteiger partial charge in [0.15, 0.2) is 11.5 Å². The Balaban J connectivity index is 1.67. The van der Waals surface area contributed by atoms with E-state index >= 15 is 0 Å². The quantitative estimate of drug-likeness (QED) is 0.419. The molecular formula is C26H28N2O4S. The molecule has 0 aliphatic carbocycles. The molecule has 2 N–H and O–H groups in total. The van der Waals surface area contributed by atoms with Crippen LogP contribution in [0.3, 0.4) is 0 Å². The number of carbonyl (C=O) groups is 2. The molecule has 0 saturated heterocycles. The number of hydrogen-bond donors (Lipinski definition) is 2. The summed E-state index contributed by atoms with van der Waals surface area (Å²) in [6.07, 6.45) is 0. The van der Waals surface area contributed by atoms with Crippen molar-refractivity contribution in [3.05, 3.63) is 77.4 Å². The molecule has 3 aromatic rings. The largest absolute Gasteiger partial charge is 0.493 e. The SMILES string of the molecule is COc1ccc(C(=O)Nc2cccc(SC(C)C(=O)Nc3c(C)cccc3C)c2)cc1OC. The summed E-state index contributed by atoms with van der Waals surface area (Å²) in [5.74, 6) is 0.704. The zero-order chi connectivity index (χ0) is 24.0. The Bertz CT molecular complexity index is 1140. The van der Waals surface area contributed by atoms with Gasteiger partial charge >= 0.3 is 0 Å². The molecule has 0 aromatic heterocycles. The molecular weight excluding hydrogens is 436 g/mol. The molecule has 0 saturated carbocycles. The van der Waals surface area contributed by atoms with Crippen molar-refractivity contribution < 1.29 is 19.1 Å². The van der Waals surface area contributed by atoms with Crippen LogP contribution in [0.4, 0.5) is 11.4 Å². The summed E-state index contributed by atoms with van der Waals surface area (Å²) in [7, 11) is 3.07. The van der Waals surface area contributed by atoms with Crippen molar-refractivity contribution in [1.82, 2.24) is 0 Å². The first kappa shape index (κ1) is 24.2. The van der Waals surface area contributed by atoms with E-state index in [-0.39, 0.29) is 17.1 Å². The summed E-state index contributed by atoms with van der Waals surface area (Å²) >= 11 is 1.43. The van der Waals surface area contributed by atoms with Gasteiger partial charge in [-0.15, -0.1) is 11.8 Å². The molecule has 0 aliphatic rings. The van der Waals surface area contributed by atoms with Crippen LogP contribution in [0.1, 0.15) is 28.4 Å². The molecule has 3 rings (SSSR count). The van der Waals surface area contributed by atoms with Gasteiger partial charge in [-0.1, -0.05) is 24.3 Å².